The summed E-state index contributed by atoms with van der Waals surface area (Å²) in [6.45, 7) is 0. The number of phenols is 1. The van der Waals surface area contributed by atoms with E-state index >= 15 is 0 Å². The smallest absolute Gasteiger partial charge is 0.115 e. The fourth-order valence-corrected chi connectivity index (χ4v) is 2.60. The Bertz CT molecular complexity index is 501. The van der Waals surface area contributed by atoms with E-state index in [4.69, 9.17) is 0 Å². The topological polar surface area (TPSA) is 20.2 Å². The minimum atomic E-state index is 0.338. The molecule has 2 aromatic carbocycles. The number of hydrogen-bond acceptors (Lipinski definition) is 1. The molecule has 2 aromatic rings. The monoisotopic (exact) mass is 236 g/mol. The van der Waals surface area contributed by atoms with Gasteiger partial charge in [-0.2, -0.15) is 0 Å². The lowest BCUT2D eigenvalue weighted by Crippen LogP contribution is -1.96. The molecule has 0 unspecified atom stereocenters. The van der Waals surface area contributed by atoms with E-state index in [2.05, 4.69) is 30.3 Å². The highest BCUT2D eigenvalue weighted by Crippen LogP contribution is 2.42. The minimum absolute atomic E-state index is 0.338. The van der Waals surface area contributed by atoms with Crippen molar-refractivity contribution >= 4 is 0 Å². The van der Waals surface area contributed by atoms with Gasteiger partial charge in [-0.05, 0) is 42.5 Å². The van der Waals surface area contributed by atoms with Crippen LogP contribution in [0.5, 0.6) is 5.75 Å². The quantitative estimate of drug-likeness (QED) is 0.831. The maximum Gasteiger partial charge on any atom is 0.115 e. The molecule has 0 amide bonds. The average Bonchev–Trinajstić information content (AvgIpc) is 2.90. The predicted molar refractivity (Wildman–Crippen MR) is 73.1 cm³/mol. The summed E-state index contributed by atoms with van der Waals surface area (Å²) in [6.07, 6.45) is 3.35. The van der Waals surface area contributed by atoms with E-state index in [0.717, 1.165) is 19.3 Å². The molecule has 1 aliphatic carbocycles. The Hall–Kier alpha value is -1.76. The van der Waals surface area contributed by atoms with Crippen LogP contribution >= 0.6 is 0 Å². The molecule has 0 heterocycles. The van der Waals surface area contributed by atoms with E-state index in [-0.39, 0.29) is 0 Å². The highest BCUT2D eigenvalue weighted by atomic mass is 16.3. The summed E-state index contributed by atoms with van der Waals surface area (Å²) in [5, 5.41) is 9.32. The Morgan fingerprint density at radius 2 is 1.22 bits per heavy atom. The van der Waals surface area contributed by atoms with Crippen molar-refractivity contribution in [1.82, 2.24) is 0 Å². The Morgan fingerprint density at radius 3 is 1.83 bits per heavy atom. The second-order valence-electron chi connectivity index (χ2n) is 4.80. The molecule has 18 heavy (non-hydrogen) atoms. The van der Waals surface area contributed by atoms with Gasteiger partial charge >= 0.3 is 0 Å². The van der Waals surface area contributed by atoms with Crippen molar-refractivity contribution < 1.29 is 5.11 Å². The largest absolute Gasteiger partial charge is 0.508 e. The molecular formula is C17H16O. The number of phenolic OH excluding ortho intramolecular Hbond substituents is 1. The molecule has 3 rings (SSSR count). The molecule has 0 spiro atoms. The molecule has 0 saturated heterocycles. The highest BCUT2D eigenvalue weighted by Gasteiger charge is 2.27. The Labute approximate surface area is 108 Å². The SMILES string of the molecule is Oc1ccc([C]2CC[C](c3ccccc3)C2)cc1. The van der Waals surface area contributed by atoms with Crippen LogP contribution in [0.15, 0.2) is 54.6 Å². The fourth-order valence-electron chi connectivity index (χ4n) is 2.60. The molecule has 0 atom stereocenters. The zero-order chi connectivity index (χ0) is 12.4. The Morgan fingerprint density at radius 1 is 0.667 bits per heavy atom. The number of aromatic hydroxyl groups is 1. The van der Waals surface area contributed by atoms with Crippen LogP contribution in [0, 0.1) is 11.8 Å². The van der Waals surface area contributed by atoms with Gasteiger partial charge in [0.15, 0.2) is 0 Å². The number of rotatable bonds is 2. The molecule has 2 radical (unpaired) electrons. The maximum atomic E-state index is 9.32. The zero-order valence-corrected chi connectivity index (χ0v) is 10.3. The Balaban J connectivity index is 1.74. The first-order chi connectivity index (χ1) is 8.83. The molecule has 1 nitrogen and oxygen atoms in total. The number of hydrogen-bond donors (Lipinski definition) is 1. The van der Waals surface area contributed by atoms with Gasteiger partial charge in [0, 0.05) is 11.8 Å². The van der Waals surface area contributed by atoms with Crippen LogP contribution < -0.4 is 0 Å². The zero-order valence-electron chi connectivity index (χ0n) is 10.3. The molecule has 90 valence electrons. The van der Waals surface area contributed by atoms with Gasteiger partial charge in [-0.1, -0.05) is 42.5 Å². The van der Waals surface area contributed by atoms with Crippen molar-refractivity contribution in [3.8, 4) is 5.75 Å². The standard InChI is InChI=1S/C17H16O/c18-17-10-8-14(9-11-17)16-7-6-15(12-16)13-4-2-1-3-5-13/h1-5,8-11,18H,6-7,12H2. The second-order valence-corrected chi connectivity index (χ2v) is 4.80. The van der Waals surface area contributed by atoms with Crippen molar-refractivity contribution in [2.45, 2.75) is 19.3 Å². The van der Waals surface area contributed by atoms with Gasteiger partial charge in [0.2, 0.25) is 0 Å². The van der Waals surface area contributed by atoms with Crippen molar-refractivity contribution in [2.24, 2.45) is 0 Å². The van der Waals surface area contributed by atoms with Crippen molar-refractivity contribution in [3.63, 3.8) is 0 Å². The summed E-state index contributed by atoms with van der Waals surface area (Å²) in [5.74, 6) is 3.34. The van der Waals surface area contributed by atoms with Gasteiger partial charge in [0.25, 0.3) is 0 Å². The lowest BCUT2D eigenvalue weighted by atomic mass is 9.93. The molecular weight excluding hydrogens is 220 g/mol. The first-order valence-corrected chi connectivity index (χ1v) is 6.37. The van der Waals surface area contributed by atoms with Crippen LogP contribution in [-0.4, -0.2) is 5.11 Å². The lowest BCUT2D eigenvalue weighted by molar-refractivity contribution is 0.475. The maximum absolute atomic E-state index is 9.32. The first-order valence-electron chi connectivity index (χ1n) is 6.37. The predicted octanol–water partition coefficient (Wildman–Crippen LogP) is 4.12. The molecule has 1 aliphatic rings. The fraction of sp³-hybridized carbons (Fsp3) is 0.176. The van der Waals surface area contributed by atoms with Crippen molar-refractivity contribution in [2.75, 3.05) is 0 Å². The molecule has 1 heteroatoms. The molecule has 1 fully saturated rings. The van der Waals surface area contributed by atoms with Crippen LogP contribution in [0.25, 0.3) is 0 Å². The summed E-state index contributed by atoms with van der Waals surface area (Å²) in [5.41, 5.74) is 2.63. The third-order valence-corrected chi connectivity index (χ3v) is 3.61. The van der Waals surface area contributed by atoms with E-state index in [0.29, 0.717) is 5.75 Å². The van der Waals surface area contributed by atoms with Gasteiger partial charge in [0.05, 0.1) is 0 Å². The Kier molecular flexibility index (Phi) is 3.06. The highest BCUT2D eigenvalue weighted by molar-refractivity contribution is 5.43. The van der Waals surface area contributed by atoms with Crippen LogP contribution in [0.4, 0.5) is 0 Å². The summed E-state index contributed by atoms with van der Waals surface area (Å²) < 4.78 is 0. The van der Waals surface area contributed by atoms with Crippen LogP contribution in [0.1, 0.15) is 30.4 Å². The normalized spacial score (nSPS) is 17.1. The van der Waals surface area contributed by atoms with E-state index in [1.807, 2.05) is 12.1 Å². The summed E-state index contributed by atoms with van der Waals surface area (Å²) >= 11 is 0. The first kappa shape index (κ1) is 11.3. The van der Waals surface area contributed by atoms with E-state index in [9.17, 15) is 5.11 Å². The van der Waals surface area contributed by atoms with Crippen molar-refractivity contribution in [1.29, 1.82) is 0 Å². The summed E-state index contributed by atoms with van der Waals surface area (Å²) in [6, 6.07) is 18.2. The summed E-state index contributed by atoms with van der Waals surface area (Å²) in [7, 11) is 0. The van der Waals surface area contributed by atoms with Gasteiger partial charge in [-0.3, -0.25) is 0 Å². The lowest BCUT2D eigenvalue weighted by Gasteiger charge is -2.11. The van der Waals surface area contributed by atoms with E-state index in [1.54, 1.807) is 12.1 Å². The van der Waals surface area contributed by atoms with Gasteiger partial charge in [-0.15, -0.1) is 0 Å². The summed E-state index contributed by atoms with van der Waals surface area (Å²) in [4.78, 5) is 0. The van der Waals surface area contributed by atoms with Gasteiger partial charge in [0.1, 0.15) is 5.75 Å². The van der Waals surface area contributed by atoms with E-state index in [1.165, 1.54) is 23.0 Å². The molecule has 0 aliphatic heterocycles. The second kappa shape index (κ2) is 4.85. The average molecular weight is 236 g/mol. The van der Waals surface area contributed by atoms with Crippen molar-refractivity contribution in [3.05, 3.63) is 77.6 Å². The third-order valence-electron chi connectivity index (χ3n) is 3.61. The molecule has 0 bridgehead atoms. The minimum Gasteiger partial charge on any atom is -0.508 e. The number of benzene rings is 2. The molecule has 1 N–H and O–H groups in total. The van der Waals surface area contributed by atoms with Gasteiger partial charge in [-0.25, -0.2) is 0 Å². The van der Waals surface area contributed by atoms with Gasteiger partial charge < -0.3 is 5.11 Å². The molecule has 0 aromatic heterocycles. The van der Waals surface area contributed by atoms with Crippen LogP contribution in [0.3, 0.4) is 0 Å². The van der Waals surface area contributed by atoms with Crippen LogP contribution in [-0.2, 0) is 0 Å². The van der Waals surface area contributed by atoms with E-state index < -0.39 is 0 Å². The third kappa shape index (κ3) is 2.26. The molecule has 1 saturated carbocycles. The van der Waals surface area contributed by atoms with Crippen LogP contribution in [0.2, 0.25) is 0 Å².